The molecular formula is C92H159N21O24. The molecule has 776 valence electrons. The van der Waals surface area contributed by atoms with Crippen molar-refractivity contribution in [2.75, 3.05) is 39.4 Å². The first kappa shape index (κ1) is 122. The molecule has 0 bridgehead atoms. The van der Waals surface area contributed by atoms with Crippen LogP contribution in [0.15, 0.2) is 23.5 Å². The Morgan fingerprint density at radius 2 is 0.949 bits per heavy atom. The fourth-order valence-electron chi connectivity index (χ4n) is 15.0. The zero-order chi connectivity index (χ0) is 104. The Hall–Kier alpha value is -11.3. The second kappa shape index (κ2) is 61.8. The molecule has 137 heavy (non-hydrogen) atoms. The van der Waals surface area contributed by atoms with Crippen molar-refractivity contribution in [3.63, 3.8) is 0 Å². The van der Waals surface area contributed by atoms with E-state index in [9.17, 15) is 111 Å². The standard InChI is InChI=1S/C92H159N21O24/c1-21-25-26-30-55(116)42-68(118)97-57(24-4)91(135)113-38-29-32-66(113)84(128)105-64(44-114)82(126)103-62(40-47(7)8)80(124)108-71(50(13)14)88(132)106-65(45-115)83(127)104-63(41-48(9)10)81(125)109-73(52(17)18)89(133)110-72(51(15)16)87(131)100-58(33-34-67(95)117)77(121)102-61(39-46(5)6)79(123)107-70(49(11)12)86(130)99-56(23-3)76(120)112-75-54(20)137-92(136)60(31-27-28-36-93)101-78(122)59(35-37-94)98-69(119)43-96-85(129)74(53(19)22-2)111-90(75)134/h23-24,46-55,58-66,70-75,114-116H,21-22,25-45,93-94H2,1-20H3,(H2,95,117)(H,96,129)(H,97,118)(H,98,119)(H,99,130)(H,100,131)(H,101,122)(H,102,121)(H,103,126)(H,104,127)(H,105,128)(H,106,132)(H,107,123)(H,108,124)(H,109,125)(H,110,133)(H,111,134)(H,112,120)/b56-23+,57-24+/t53-,54+,55+,58-,59+,60+,61-,62+,63-,64-,65+,66-,70-,71-,72-,73-,74-,75-/m1/s1. The summed E-state index contributed by atoms with van der Waals surface area (Å²) in [5.41, 5.74) is 16.5. The van der Waals surface area contributed by atoms with E-state index in [-0.39, 0.29) is 88.0 Å². The van der Waals surface area contributed by atoms with Gasteiger partial charge in [-0.05, 0) is 152 Å². The van der Waals surface area contributed by atoms with E-state index >= 15 is 0 Å². The summed E-state index contributed by atoms with van der Waals surface area (Å²) in [5.74, 6) is -23.1. The number of carbonyl (C=O) groups is 20. The molecule has 45 nitrogen and oxygen atoms in total. The molecule has 0 unspecified atom stereocenters. The summed E-state index contributed by atoms with van der Waals surface area (Å²) in [5, 5.41) is 74.8. The number of rotatable bonds is 55. The molecule has 2 rings (SSSR count). The van der Waals surface area contributed by atoms with Gasteiger partial charge in [0.25, 0.3) is 11.8 Å². The Morgan fingerprint density at radius 1 is 0.496 bits per heavy atom. The highest BCUT2D eigenvalue weighted by atomic mass is 16.5. The number of hydrogen-bond donors (Lipinski definition) is 23. The summed E-state index contributed by atoms with van der Waals surface area (Å²) >= 11 is 0. The summed E-state index contributed by atoms with van der Waals surface area (Å²) in [6.45, 7) is 29.8. The minimum absolute atomic E-state index is 0.0162. The Kier molecular flexibility index (Phi) is 54.9. The highest BCUT2D eigenvalue weighted by Gasteiger charge is 2.44. The lowest BCUT2D eigenvalue weighted by Crippen LogP contribution is -2.62. The lowest BCUT2D eigenvalue weighted by molar-refractivity contribution is -0.156. The number of carbonyl (C=O) groups excluding carboxylic acids is 20. The van der Waals surface area contributed by atoms with E-state index in [1.165, 1.54) is 31.7 Å². The maximum Gasteiger partial charge on any atom is 0.328 e. The monoisotopic (exact) mass is 1940 g/mol. The number of cyclic esters (lactones) is 1. The average Bonchev–Trinajstić information content (AvgIpc) is 1.72. The van der Waals surface area contributed by atoms with Crippen molar-refractivity contribution in [1.29, 1.82) is 0 Å². The van der Waals surface area contributed by atoms with Crippen LogP contribution in [0.1, 0.15) is 248 Å². The van der Waals surface area contributed by atoms with Gasteiger partial charge in [0, 0.05) is 13.0 Å². The van der Waals surface area contributed by atoms with Crippen LogP contribution in [0.4, 0.5) is 0 Å². The third-order valence-corrected chi connectivity index (χ3v) is 23.1. The van der Waals surface area contributed by atoms with E-state index in [4.69, 9.17) is 21.9 Å². The minimum atomic E-state index is -1.84. The molecule has 0 aliphatic carbocycles. The number of nitrogens with zero attached hydrogens (tertiary/aromatic N) is 1. The van der Waals surface area contributed by atoms with Gasteiger partial charge in [0.05, 0.1) is 32.3 Å². The Balaban J connectivity index is 2.43. The van der Waals surface area contributed by atoms with Gasteiger partial charge < -0.3 is 133 Å². The SMILES string of the molecule is C/C=C(/NC(=O)[C@H](NC(=O)[C@@H](CC(C)C)NC(=O)[C@@H](CCC(N)=O)NC(=O)[C@H](NC(=O)[C@H](NC(=O)[C@@H](CC(C)C)NC(=O)[C@H](CO)NC(=O)[C@H](NC(=O)[C@H](CC(C)C)NC(=O)[C@@H](CO)NC(=O)[C@H]1CCCN1C(=O)/C(=C\C)NC(=O)C[C@@H](O)CCCCC)C(C)C)C(C)C)C(C)C)C(C)C)C(=O)N[C@H]1C(=O)N[C@H]([C@H](C)CC)C(=O)NCC(=O)N[C@@H](CCN)C(=O)N[C@@H](CCCCN)C(=O)O[C@H]1C. The van der Waals surface area contributed by atoms with Crippen molar-refractivity contribution in [3.05, 3.63) is 23.5 Å². The molecule has 26 N–H and O–H groups in total. The maximum atomic E-state index is 14.6. The number of unbranched alkanes of at least 4 members (excludes halogenated alkanes) is 3. The van der Waals surface area contributed by atoms with E-state index < -0.39 is 289 Å². The van der Waals surface area contributed by atoms with Crippen LogP contribution < -0.4 is 108 Å². The Bertz CT molecular complexity index is 4140. The van der Waals surface area contributed by atoms with E-state index in [1.54, 1.807) is 111 Å². The molecule has 0 saturated carbocycles. The second-order valence-corrected chi connectivity index (χ2v) is 37.7. The van der Waals surface area contributed by atoms with Crippen molar-refractivity contribution in [3.8, 4) is 0 Å². The van der Waals surface area contributed by atoms with Crippen LogP contribution in [0.3, 0.4) is 0 Å². The number of aliphatic hydroxyl groups is 3. The summed E-state index contributed by atoms with van der Waals surface area (Å²) in [7, 11) is 0. The van der Waals surface area contributed by atoms with Gasteiger partial charge in [-0.15, -0.1) is 0 Å². The lowest BCUT2D eigenvalue weighted by Gasteiger charge is -2.31. The quantitative estimate of drug-likeness (QED) is 0.0161. The first-order chi connectivity index (χ1) is 64.3. The summed E-state index contributed by atoms with van der Waals surface area (Å²) in [4.78, 5) is 282. The highest BCUT2D eigenvalue weighted by Crippen LogP contribution is 2.23. The summed E-state index contributed by atoms with van der Waals surface area (Å²) < 4.78 is 5.81. The van der Waals surface area contributed by atoms with Crippen LogP contribution in [-0.2, 0) is 101 Å². The fraction of sp³-hybridized carbons (Fsp3) is 0.739. The van der Waals surface area contributed by atoms with Crippen LogP contribution in [0, 0.1) is 47.3 Å². The number of aliphatic hydroxyl groups excluding tert-OH is 3. The Morgan fingerprint density at radius 3 is 1.39 bits per heavy atom. The number of nitrogens with one attached hydrogen (secondary N) is 17. The molecule has 0 aromatic heterocycles. The molecule has 45 heteroatoms. The summed E-state index contributed by atoms with van der Waals surface area (Å²) in [6.07, 6.45) is 2.91. The average molecular weight is 1940 g/mol. The van der Waals surface area contributed by atoms with Crippen molar-refractivity contribution in [1.82, 2.24) is 95.3 Å². The third-order valence-electron chi connectivity index (χ3n) is 23.1. The van der Waals surface area contributed by atoms with E-state index in [0.29, 0.717) is 38.5 Å². The van der Waals surface area contributed by atoms with Crippen LogP contribution >= 0.6 is 0 Å². The zero-order valence-electron chi connectivity index (χ0n) is 83.4. The molecule has 2 fully saturated rings. The predicted molar refractivity (Wildman–Crippen MR) is 505 cm³/mol. The molecule has 19 amide bonds. The zero-order valence-corrected chi connectivity index (χ0v) is 83.4. The number of esters is 1. The van der Waals surface area contributed by atoms with Gasteiger partial charge in [-0.2, -0.15) is 0 Å². The molecule has 0 spiro atoms. The fourth-order valence-corrected chi connectivity index (χ4v) is 15.0. The topological polar surface area (TPSA) is 697 Å². The molecule has 18 atom stereocenters. The van der Waals surface area contributed by atoms with Gasteiger partial charge in [-0.25, -0.2) is 4.79 Å². The number of nitrogens with two attached hydrogens (primary N) is 3. The second-order valence-electron chi connectivity index (χ2n) is 37.7. The predicted octanol–water partition coefficient (Wildman–Crippen LogP) is -3.27. The van der Waals surface area contributed by atoms with E-state index in [1.807, 2.05) is 6.92 Å². The van der Waals surface area contributed by atoms with Gasteiger partial charge in [-0.1, -0.05) is 156 Å². The van der Waals surface area contributed by atoms with Gasteiger partial charge in [0.15, 0.2) is 0 Å². The third kappa shape index (κ3) is 41.9. The Labute approximate surface area is 803 Å². The van der Waals surface area contributed by atoms with Crippen LogP contribution in [0.5, 0.6) is 0 Å². The van der Waals surface area contributed by atoms with Crippen LogP contribution in [0.2, 0.25) is 0 Å². The number of primary amides is 1. The van der Waals surface area contributed by atoms with Crippen molar-refractivity contribution >= 4 is 118 Å². The summed E-state index contributed by atoms with van der Waals surface area (Å²) in [6, 6.07) is -22.4. The smallest absolute Gasteiger partial charge is 0.328 e. The van der Waals surface area contributed by atoms with Crippen LogP contribution in [0.25, 0.3) is 0 Å². The molecule has 0 aromatic rings. The first-order valence-electron chi connectivity index (χ1n) is 47.9. The van der Waals surface area contributed by atoms with E-state index in [0.717, 1.165) is 18.9 Å². The number of amides is 19. The van der Waals surface area contributed by atoms with Crippen molar-refractivity contribution in [2.24, 2.45) is 64.5 Å². The van der Waals surface area contributed by atoms with Gasteiger partial charge in [-0.3, -0.25) is 91.1 Å². The minimum Gasteiger partial charge on any atom is -0.458 e. The molecule has 0 aromatic carbocycles. The first-order valence-corrected chi connectivity index (χ1v) is 47.9. The normalized spacial score (nSPS) is 19.7. The number of ether oxygens (including phenoxy) is 1. The molecule has 0 radical (unpaired) electrons. The molecule has 2 aliphatic heterocycles. The molecule has 2 heterocycles. The van der Waals surface area contributed by atoms with Gasteiger partial charge in [0.1, 0.15) is 108 Å². The highest BCUT2D eigenvalue weighted by molar-refractivity contribution is 6.05. The van der Waals surface area contributed by atoms with Gasteiger partial charge >= 0.3 is 5.97 Å². The number of allylic oxidation sites excluding steroid dienone is 2. The van der Waals surface area contributed by atoms with Crippen LogP contribution in [-0.4, -0.2) is 281 Å². The molecule has 2 saturated heterocycles. The largest absolute Gasteiger partial charge is 0.458 e. The lowest BCUT2D eigenvalue weighted by atomic mass is 9.97. The van der Waals surface area contributed by atoms with E-state index in [2.05, 4.69) is 90.4 Å². The maximum absolute atomic E-state index is 14.6. The molecule has 2 aliphatic rings. The number of likely N-dealkylation sites (tertiary alicyclic amines) is 1. The number of hydrogen-bond acceptors (Lipinski definition) is 26. The van der Waals surface area contributed by atoms with Crippen molar-refractivity contribution < 1.29 is 116 Å². The molecular weight excluding hydrogens is 1780 g/mol. The van der Waals surface area contributed by atoms with Gasteiger partial charge in [0.2, 0.25) is 100 Å². The van der Waals surface area contributed by atoms with Crippen molar-refractivity contribution in [2.45, 2.75) is 350 Å².